The Bertz CT molecular complexity index is 757. The molecule has 1 aromatic carbocycles. The molecule has 7 heteroatoms. The van der Waals surface area contributed by atoms with Crippen LogP contribution in [-0.2, 0) is 24.2 Å². The lowest BCUT2D eigenvalue weighted by Crippen LogP contribution is -2.47. The second kappa shape index (κ2) is 8.85. The molecule has 1 N–H and O–H groups in total. The van der Waals surface area contributed by atoms with Crippen LogP contribution < -0.4 is 5.32 Å². The molecular formula is C20H28ClN5O. The molecule has 27 heavy (non-hydrogen) atoms. The van der Waals surface area contributed by atoms with Crippen molar-refractivity contribution in [2.75, 3.05) is 19.6 Å². The molecule has 1 amide bonds. The van der Waals surface area contributed by atoms with Gasteiger partial charge in [-0.25, -0.2) is 0 Å². The molecule has 3 heterocycles. The average Bonchev–Trinajstić information content (AvgIpc) is 3.11. The first-order valence-electron chi connectivity index (χ1n) is 9.68. The lowest BCUT2D eigenvalue weighted by Gasteiger charge is -2.35. The number of nitrogens with zero attached hydrogens (tertiary/aromatic N) is 4. The number of halogens is 1. The van der Waals surface area contributed by atoms with Crippen LogP contribution in [0.4, 0.5) is 0 Å². The van der Waals surface area contributed by atoms with Gasteiger partial charge < -0.3 is 14.8 Å². The quantitative estimate of drug-likeness (QED) is 0.872. The summed E-state index contributed by atoms with van der Waals surface area (Å²) >= 11 is 0. The van der Waals surface area contributed by atoms with Crippen LogP contribution in [0.3, 0.4) is 0 Å². The molecule has 0 saturated carbocycles. The Morgan fingerprint density at radius 1 is 1.22 bits per heavy atom. The van der Waals surface area contributed by atoms with Gasteiger partial charge in [0.05, 0.1) is 18.5 Å². The molecule has 2 aliphatic rings. The molecule has 6 nitrogen and oxygen atoms in total. The van der Waals surface area contributed by atoms with E-state index >= 15 is 0 Å². The molecule has 1 fully saturated rings. The third-order valence-electron chi connectivity index (χ3n) is 5.53. The summed E-state index contributed by atoms with van der Waals surface area (Å²) in [6, 6.07) is 10.7. The summed E-state index contributed by atoms with van der Waals surface area (Å²) in [6.45, 7) is 5.33. The Morgan fingerprint density at radius 3 is 2.78 bits per heavy atom. The Balaban J connectivity index is 0.00000210. The Labute approximate surface area is 166 Å². The standard InChI is InChI=1S/C20H27N5O.ClH/c1-15-13-24(20(26)17-8-5-11-21-12-17)14-19-23-22-18(25(15)19)10-9-16-6-3-2-4-7-16;/h2-4,6-7,15,17,21H,5,8-14H2,1H3;1H/t15-,17-;/m0./s1. The zero-order valence-corrected chi connectivity index (χ0v) is 16.6. The molecule has 1 saturated heterocycles. The maximum absolute atomic E-state index is 12.9. The highest BCUT2D eigenvalue weighted by Crippen LogP contribution is 2.25. The molecule has 146 valence electrons. The van der Waals surface area contributed by atoms with Crippen molar-refractivity contribution >= 4 is 18.3 Å². The summed E-state index contributed by atoms with van der Waals surface area (Å²) in [6.07, 6.45) is 3.91. The zero-order valence-electron chi connectivity index (χ0n) is 15.8. The van der Waals surface area contributed by atoms with E-state index in [2.05, 4.69) is 51.3 Å². The summed E-state index contributed by atoms with van der Waals surface area (Å²) < 4.78 is 2.24. The SMILES string of the molecule is C[C@H]1CN(C(=O)[C@H]2CCCNC2)Cc2nnc(CCc3ccccc3)n21.Cl. The van der Waals surface area contributed by atoms with Gasteiger partial charge in [0.15, 0.2) is 5.82 Å². The van der Waals surface area contributed by atoms with Gasteiger partial charge in [-0.3, -0.25) is 4.79 Å². The zero-order chi connectivity index (χ0) is 17.9. The Hall–Kier alpha value is -1.92. The van der Waals surface area contributed by atoms with E-state index < -0.39 is 0 Å². The fraction of sp³-hybridized carbons (Fsp3) is 0.550. The monoisotopic (exact) mass is 389 g/mol. The van der Waals surface area contributed by atoms with E-state index in [-0.39, 0.29) is 30.3 Å². The maximum atomic E-state index is 12.9. The van der Waals surface area contributed by atoms with Crippen LogP contribution >= 0.6 is 12.4 Å². The second-order valence-corrected chi connectivity index (χ2v) is 7.50. The highest BCUT2D eigenvalue weighted by atomic mass is 35.5. The molecule has 0 spiro atoms. The molecule has 2 atom stereocenters. The molecule has 2 aromatic rings. The number of piperidine rings is 1. The molecule has 4 rings (SSSR count). The average molecular weight is 390 g/mol. The third kappa shape index (κ3) is 4.33. The molecule has 0 unspecified atom stereocenters. The van der Waals surface area contributed by atoms with Gasteiger partial charge in [-0.15, -0.1) is 22.6 Å². The van der Waals surface area contributed by atoms with Gasteiger partial charge in [0.25, 0.3) is 0 Å². The van der Waals surface area contributed by atoms with Crippen LogP contribution in [0.1, 0.15) is 43.0 Å². The highest BCUT2D eigenvalue weighted by molar-refractivity contribution is 5.85. The third-order valence-corrected chi connectivity index (χ3v) is 5.53. The predicted molar refractivity (Wildman–Crippen MR) is 107 cm³/mol. The minimum atomic E-state index is 0. The minimum Gasteiger partial charge on any atom is -0.333 e. The molecule has 1 aromatic heterocycles. The fourth-order valence-electron chi connectivity index (χ4n) is 4.17. The molecule has 0 radical (unpaired) electrons. The first-order valence-corrected chi connectivity index (χ1v) is 9.68. The number of hydrogen-bond acceptors (Lipinski definition) is 4. The summed E-state index contributed by atoms with van der Waals surface area (Å²) in [5, 5.41) is 12.2. The van der Waals surface area contributed by atoms with Crippen molar-refractivity contribution in [2.24, 2.45) is 5.92 Å². The van der Waals surface area contributed by atoms with Gasteiger partial charge in [-0.1, -0.05) is 30.3 Å². The number of fused-ring (bicyclic) bond motifs is 1. The van der Waals surface area contributed by atoms with E-state index in [1.54, 1.807) is 0 Å². The number of benzene rings is 1. The first kappa shape index (κ1) is 19.8. The fourth-order valence-corrected chi connectivity index (χ4v) is 4.17. The van der Waals surface area contributed by atoms with Crippen LogP contribution in [0.5, 0.6) is 0 Å². The summed E-state index contributed by atoms with van der Waals surface area (Å²) in [5.41, 5.74) is 1.31. The highest BCUT2D eigenvalue weighted by Gasteiger charge is 2.32. The van der Waals surface area contributed by atoms with E-state index in [1.807, 2.05) is 11.0 Å². The van der Waals surface area contributed by atoms with E-state index in [1.165, 1.54) is 5.56 Å². The first-order chi connectivity index (χ1) is 12.7. The predicted octanol–water partition coefficient (Wildman–Crippen LogP) is 2.39. The number of aryl methyl sites for hydroxylation is 2. The number of hydrogen-bond donors (Lipinski definition) is 1. The second-order valence-electron chi connectivity index (χ2n) is 7.50. The number of rotatable bonds is 4. The van der Waals surface area contributed by atoms with Crippen molar-refractivity contribution in [1.29, 1.82) is 0 Å². The Kier molecular flexibility index (Phi) is 6.50. The van der Waals surface area contributed by atoms with Crippen molar-refractivity contribution in [3.05, 3.63) is 47.5 Å². The van der Waals surface area contributed by atoms with Crippen LogP contribution in [0.25, 0.3) is 0 Å². The maximum Gasteiger partial charge on any atom is 0.227 e. The normalized spacial score (nSPS) is 22.0. The van der Waals surface area contributed by atoms with Gasteiger partial charge in [-0.05, 0) is 38.3 Å². The summed E-state index contributed by atoms with van der Waals surface area (Å²) in [4.78, 5) is 14.8. The summed E-state index contributed by atoms with van der Waals surface area (Å²) in [5.74, 6) is 2.33. The van der Waals surface area contributed by atoms with Crippen LogP contribution in [0.2, 0.25) is 0 Å². The van der Waals surface area contributed by atoms with Crippen molar-refractivity contribution in [1.82, 2.24) is 25.0 Å². The smallest absolute Gasteiger partial charge is 0.227 e. The van der Waals surface area contributed by atoms with Crippen molar-refractivity contribution in [3.63, 3.8) is 0 Å². The number of carbonyl (C=O) groups excluding carboxylic acids is 1. The molecule has 2 aliphatic heterocycles. The van der Waals surface area contributed by atoms with E-state index in [4.69, 9.17) is 0 Å². The van der Waals surface area contributed by atoms with Crippen molar-refractivity contribution < 1.29 is 4.79 Å². The van der Waals surface area contributed by atoms with Crippen molar-refractivity contribution in [2.45, 2.75) is 45.2 Å². The van der Waals surface area contributed by atoms with Gasteiger partial charge in [-0.2, -0.15) is 0 Å². The lowest BCUT2D eigenvalue weighted by atomic mass is 9.97. The van der Waals surface area contributed by atoms with Crippen LogP contribution in [0.15, 0.2) is 30.3 Å². The van der Waals surface area contributed by atoms with Gasteiger partial charge in [0, 0.05) is 19.5 Å². The number of aromatic nitrogens is 3. The summed E-state index contributed by atoms with van der Waals surface area (Å²) in [7, 11) is 0. The van der Waals surface area contributed by atoms with E-state index in [9.17, 15) is 4.79 Å². The number of nitrogens with one attached hydrogen (secondary N) is 1. The molecule has 0 bridgehead atoms. The van der Waals surface area contributed by atoms with Crippen LogP contribution in [0, 0.1) is 5.92 Å². The number of amides is 1. The van der Waals surface area contributed by atoms with Gasteiger partial charge in [0.1, 0.15) is 5.82 Å². The van der Waals surface area contributed by atoms with E-state index in [0.29, 0.717) is 6.54 Å². The van der Waals surface area contributed by atoms with E-state index in [0.717, 1.165) is 57.0 Å². The molecule has 0 aliphatic carbocycles. The number of carbonyl (C=O) groups is 1. The topological polar surface area (TPSA) is 63.1 Å². The van der Waals surface area contributed by atoms with Crippen molar-refractivity contribution in [3.8, 4) is 0 Å². The van der Waals surface area contributed by atoms with Gasteiger partial charge >= 0.3 is 0 Å². The largest absolute Gasteiger partial charge is 0.333 e. The van der Waals surface area contributed by atoms with Gasteiger partial charge in [0.2, 0.25) is 5.91 Å². The van der Waals surface area contributed by atoms with Crippen LogP contribution in [-0.4, -0.2) is 45.2 Å². The Morgan fingerprint density at radius 2 is 2.04 bits per heavy atom. The lowest BCUT2D eigenvalue weighted by molar-refractivity contribution is -0.138. The minimum absolute atomic E-state index is 0. The molecular weight excluding hydrogens is 362 g/mol.